The number of fused-ring (bicyclic) bond motifs is 1. The Balaban J connectivity index is 1.65. The van der Waals surface area contributed by atoms with Crippen LogP contribution in [0.25, 0.3) is 5.57 Å². The van der Waals surface area contributed by atoms with E-state index in [-0.39, 0.29) is 16.2 Å². The number of thiocarbonyl (C=S) groups is 1. The lowest BCUT2D eigenvalue weighted by Crippen LogP contribution is -2.60. The highest BCUT2D eigenvalue weighted by atomic mass is 32.1. The number of hydrogen-bond acceptors (Lipinski definition) is 4. The first kappa shape index (κ1) is 16.2. The van der Waals surface area contributed by atoms with Crippen LogP contribution in [0.5, 0.6) is 5.75 Å². The van der Waals surface area contributed by atoms with Crippen LogP contribution in [0, 0.1) is 33.8 Å². The number of nitrogens with zero attached hydrogens (tertiary/aromatic N) is 1. The number of nitro groups is 1. The van der Waals surface area contributed by atoms with Gasteiger partial charge in [-0.3, -0.25) is 10.1 Å². The second-order valence-corrected chi connectivity index (χ2v) is 8.74. The molecule has 6 heteroatoms. The second-order valence-electron chi connectivity index (χ2n) is 8.33. The van der Waals surface area contributed by atoms with Gasteiger partial charge in [0.1, 0.15) is 16.3 Å². The van der Waals surface area contributed by atoms with E-state index in [1.54, 1.807) is 19.2 Å². The van der Waals surface area contributed by atoms with Crippen molar-refractivity contribution in [1.82, 2.24) is 5.32 Å². The topological polar surface area (TPSA) is 64.4 Å². The molecule has 4 fully saturated rings. The number of nitrogens with one attached hydrogen (secondary N) is 1. The van der Waals surface area contributed by atoms with E-state index in [2.05, 4.69) is 11.4 Å². The van der Waals surface area contributed by atoms with Crippen LogP contribution in [-0.4, -0.2) is 22.6 Å². The zero-order chi connectivity index (χ0) is 18.1. The SMILES string of the molecule is CNC(=S)C1=CC2(Oc3ccc([N+](=O)[O-])cc31)C1CC3CC(C1)CC2C3. The molecule has 0 amide bonds. The minimum atomic E-state index is -0.367. The molecule has 0 unspecified atom stereocenters. The summed E-state index contributed by atoms with van der Waals surface area (Å²) in [6.45, 7) is 0. The first-order valence-electron chi connectivity index (χ1n) is 9.43. The van der Waals surface area contributed by atoms with Crippen LogP contribution in [0.15, 0.2) is 24.3 Å². The van der Waals surface area contributed by atoms with E-state index in [9.17, 15) is 10.1 Å². The lowest BCUT2D eigenvalue weighted by Gasteiger charge is -2.60. The molecule has 1 aromatic rings. The van der Waals surface area contributed by atoms with Gasteiger partial charge in [-0.1, -0.05) is 12.2 Å². The Hall–Kier alpha value is -1.95. The molecule has 0 radical (unpaired) electrons. The number of benzene rings is 1. The standard InChI is InChI=1S/C20H22N2O3S/c1-21-19(26)17-10-20(13-5-11-4-12(7-13)8-14(20)6-11)25-18-3-2-15(22(23)24)9-16(17)18/h2-3,9-14H,4-8H2,1H3,(H,21,26). The van der Waals surface area contributed by atoms with Crippen LogP contribution >= 0.6 is 12.2 Å². The minimum Gasteiger partial charge on any atom is -0.482 e. The molecule has 0 aromatic heterocycles. The largest absolute Gasteiger partial charge is 0.482 e. The molecule has 0 atom stereocenters. The van der Waals surface area contributed by atoms with Crippen molar-refractivity contribution in [2.75, 3.05) is 7.05 Å². The van der Waals surface area contributed by atoms with E-state index >= 15 is 0 Å². The molecule has 6 rings (SSSR count). The molecular formula is C20H22N2O3S. The van der Waals surface area contributed by atoms with E-state index in [1.165, 1.54) is 38.2 Å². The average molecular weight is 370 g/mol. The molecule has 1 aromatic carbocycles. The van der Waals surface area contributed by atoms with E-state index < -0.39 is 0 Å². The molecule has 1 spiro atoms. The van der Waals surface area contributed by atoms with Gasteiger partial charge < -0.3 is 10.1 Å². The predicted octanol–water partition coefficient (Wildman–Crippen LogP) is 4.11. The van der Waals surface area contributed by atoms with Crippen LogP contribution in [0.4, 0.5) is 5.69 Å². The molecule has 1 heterocycles. The number of hydrogen-bond donors (Lipinski definition) is 1. The maximum absolute atomic E-state index is 11.2. The van der Waals surface area contributed by atoms with Gasteiger partial charge >= 0.3 is 0 Å². The molecule has 136 valence electrons. The smallest absolute Gasteiger partial charge is 0.270 e. The lowest BCUT2D eigenvalue weighted by molar-refractivity contribution is -0.384. The molecule has 26 heavy (non-hydrogen) atoms. The first-order chi connectivity index (χ1) is 12.5. The van der Waals surface area contributed by atoms with Gasteiger partial charge in [0, 0.05) is 42.2 Å². The van der Waals surface area contributed by atoms with Gasteiger partial charge in [-0.15, -0.1) is 0 Å². The van der Waals surface area contributed by atoms with Gasteiger partial charge in [-0.05, 0) is 56.1 Å². The van der Waals surface area contributed by atoms with Gasteiger partial charge in [0.15, 0.2) is 0 Å². The molecule has 1 aliphatic heterocycles. The molecule has 5 nitrogen and oxygen atoms in total. The highest BCUT2D eigenvalue weighted by Gasteiger charge is 2.59. The van der Waals surface area contributed by atoms with Crippen molar-refractivity contribution < 1.29 is 9.66 Å². The highest BCUT2D eigenvalue weighted by Crippen LogP contribution is 2.61. The zero-order valence-electron chi connectivity index (χ0n) is 14.7. The molecule has 4 aliphatic carbocycles. The third-order valence-corrected chi connectivity index (χ3v) is 7.43. The summed E-state index contributed by atoms with van der Waals surface area (Å²) < 4.78 is 6.67. The average Bonchev–Trinajstić information content (AvgIpc) is 2.63. The van der Waals surface area contributed by atoms with E-state index in [0.717, 1.165) is 28.7 Å². The molecule has 1 N–H and O–H groups in total. The second kappa shape index (κ2) is 5.52. The van der Waals surface area contributed by atoms with E-state index in [4.69, 9.17) is 17.0 Å². The van der Waals surface area contributed by atoms with Gasteiger partial charge in [0.2, 0.25) is 0 Å². The normalized spacial score (nSPS) is 36.3. The molecule has 5 aliphatic rings. The Morgan fingerprint density at radius 1 is 1.23 bits per heavy atom. The fraction of sp³-hybridized carbons (Fsp3) is 0.550. The fourth-order valence-electron chi connectivity index (χ4n) is 6.10. The number of rotatable bonds is 2. The summed E-state index contributed by atoms with van der Waals surface area (Å²) in [4.78, 5) is 11.5. The Morgan fingerprint density at radius 3 is 2.46 bits per heavy atom. The predicted molar refractivity (Wildman–Crippen MR) is 103 cm³/mol. The van der Waals surface area contributed by atoms with E-state index in [0.29, 0.717) is 16.8 Å². The van der Waals surface area contributed by atoms with Crippen molar-refractivity contribution in [3.63, 3.8) is 0 Å². The van der Waals surface area contributed by atoms with E-state index in [1.807, 2.05) is 0 Å². The maximum Gasteiger partial charge on any atom is 0.270 e. The molecule has 4 saturated carbocycles. The van der Waals surface area contributed by atoms with Crippen molar-refractivity contribution in [3.8, 4) is 5.75 Å². The monoisotopic (exact) mass is 370 g/mol. The van der Waals surface area contributed by atoms with Crippen LogP contribution in [-0.2, 0) is 0 Å². The van der Waals surface area contributed by atoms with Crippen LogP contribution in [0.3, 0.4) is 0 Å². The Bertz CT molecular complexity index is 819. The van der Waals surface area contributed by atoms with Crippen LogP contribution in [0.1, 0.15) is 37.7 Å². The number of ether oxygens (including phenoxy) is 1. The van der Waals surface area contributed by atoms with Gasteiger partial charge in [0.05, 0.1) is 4.92 Å². The fourth-order valence-corrected chi connectivity index (χ4v) is 6.27. The van der Waals surface area contributed by atoms with Gasteiger partial charge in [0.25, 0.3) is 5.69 Å². The summed E-state index contributed by atoms with van der Waals surface area (Å²) in [7, 11) is 1.80. The number of nitro benzene ring substituents is 1. The lowest BCUT2D eigenvalue weighted by atomic mass is 9.49. The summed E-state index contributed by atoms with van der Waals surface area (Å²) in [6.07, 6.45) is 8.51. The van der Waals surface area contributed by atoms with Crippen molar-refractivity contribution in [2.45, 2.75) is 37.7 Å². The third-order valence-electron chi connectivity index (χ3n) is 7.01. The van der Waals surface area contributed by atoms with Crippen molar-refractivity contribution in [3.05, 3.63) is 40.0 Å². The third kappa shape index (κ3) is 2.17. The van der Waals surface area contributed by atoms with Gasteiger partial charge in [-0.25, -0.2) is 0 Å². The summed E-state index contributed by atoms with van der Waals surface area (Å²) in [5.74, 6) is 3.47. The molecule has 4 bridgehead atoms. The number of non-ortho nitro benzene ring substituents is 1. The number of likely N-dealkylation sites (N-methyl/N-ethyl adjacent to an activating group) is 1. The maximum atomic E-state index is 11.2. The van der Waals surface area contributed by atoms with Crippen molar-refractivity contribution in [2.24, 2.45) is 23.7 Å². The zero-order valence-corrected chi connectivity index (χ0v) is 15.6. The van der Waals surface area contributed by atoms with Crippen LogP contribution in [0.2, 0.25) is 0 Å². The minimum absolute atomic E-state index is 0.0678. The van der Waals surface area contributed by atoms with Gasteiger partial charge in [-0.2, -0.15) is 0 Å². The quantitative estimate of drug-likeness (QED) is 0.482. The summed E-state index contributed by atoms with van der Waals surface area (Å²) in [5.41, 5.74) is 1.39. The first-order valence-corrected chi connectivity index (χ1v) is 9.83. The molecular weight excluding hydrogens is 348 g/mol. The summed E-state index contributed by atoms with van der Waals surface area (Å²) in [5, 5.41) is 14.3. The molecule has 0 saturated heterocycles. The van der Waals surface area contributed by atoms with Crippen molar-refractivity contribution >= 4 is 28.5 Å². The Kier molecular flexibility index (Phi) is 3.45. The van der Waals surface area contributed by atoms with Crippen molar-refractivity contribution in [1.29, 1.82) is 0 Å². The summed E-state index contributed by atoms with van der Waals surface area (Å²) >= 11 is 5.57. The summed E-state index contributed by atoms with van der Waals surface area (Å²) in [6, 6.07) is 4.88. The Morgan fingerprint density at radius 2 is 1.88 bits per heavy atom. The van der Waals surface area contributed by atoms with Crippen LogP contribution < -0.4 is 10.1 Å². The Labute approximate surface area is 158 Å². The highest BCUT2D eigenvalue weighted by molar-refractivity contribution is 7.81.